The van der Waals surface area contributed by atoms with E-state index < -0.39 is 6.04 Å². The SMILES string of the molecule is CN1CC(C(=O)NC2Cc3ccccc3C2)NC1=O. The van der Waals surface area contributed by atoms with Crippen molar-refractivity contribution in [1.82, 2.24) is 15.5 Å². The summed E-state index contributed by atoms with van der Waals surface area (Å²) in [5, 5.41) is 5.70. The van der Waals surface area contributed by atoms with E-state index >= 15 is 0 Å². The van der Waals surface area contributed by atoms with Crippen molar-refractivity contribution in [2.24, 2.45) is 0 Å². The average Bonchev–Trinajstić information content (AvgIpc) is 2.93. The Morgan fingerprint density at radius 1 is 1.32 bits per heavy atom. The third-order valence-corrected chi connectivity index (χ3v) is 3.81. The summed E-state index contributed by atoms with van der Waals surface area (Å²) in [5.74, 6) is -0.0875. The van der Waals surface area contributed by atoms with Gasteiger partial charge in [-0.25, -0.2) is 4.79 Å². The molecule has 1 aliphatic heterocycles. The summed E-state index contributed by atoms with van der Waals surface area (Å²) in [7, 11) is 1.69. The number of carbonyl (C=O) groups is 2. The Balaban J connectivity index is 1.59. The molecule has 5 nitrogen and oxygen atoms in total. The zero-order chi connectivity index (χ0) is 13.4. The molecular formula is C14H17N3O2. The van der Waals surface area contributed by atoms with Crippen LogP contribution in [0.1, 0.15) is 11.1 Å². The number of fused-ring (bicyclic) bond motifs is 1. The molecule has 3 amide bonds. The van der Waals surface area contributed by atoms with Gasteiger partial charge >= 0.3 is 6.03 Å². The fraction of sp³-hybridized carbons (Fsp3) is 0.429. The Bertz CT molecular complexity index is 504. The second-order valence-corrected chi connectivity index (χ2v) is 5.27. The van der Waals surface area contributed by atoms with Crippen LogP contribution in [-0.2, 0) is 17.6 Å². The number of amides is 3. The molecule has 1 aliphatic carbocycles. The fourth-order valence-electron chi connectivity index (χ4n) is 2.77. The molecule has 0 radical (unpaired) electrons. The number of likely N-dealkylation sites (N-methyl/N-ethyl adjacent to an activating group) is 1. The topological polar surface area (TPSA) is 61.4 Å². The van der Waals surface area contributed by atoms with Gasteiger partial charge in [-0.3, -0.25) is 4.79 Å². The van der Waals surface area contributed by atoms with Crippen LogP contribution >= 0.6 is 0 Å². The van der Waals surface area contributed by atoms with Gasteiger partial charge in [0.2, 0.25) is 5.91 Å². The van der Waals surface area contributed by atoms with E-state index in [0.29, 0.717) is 6.54 Å². The summed E-state index contributed by atoms with van der Waals surface area (Å²) in [6.45, 7) is 0.435. The predicted molar refractivity (Wildman–Crippen MR) is 70.7 cm³/mol. The van der Waals surface area contributed by atoms with Crippen LogP contribution in [0.25, 0.3) is 0 Å². The third kappa shape index (κ3) is 2.28. The first-order chi connectivity index (χ1) is 9.13. The molecule has 0 bridgehead atoms. The van der Waals surface area contributed by atoms with Crippen LogP contribution in [0.15, 0.2) is 24.3 Å². The number of carbonyl (C=O) groups excluding carboxylic acids is 2. The molecule has 1 aromatic carbocycles. The van der Waals surface area contributed by atoms with E-state index in [4.69, 9.17) is 0 Å². The van der Waals surface area contributed by atoms with Crippen molar-refractivity contribution in [2.75, 3.05) is 13.6 Å². The van der Waals surface area contributed by atoms with Gasteiger partial charge in [-0.1, -0.05) is 24.3 Å². The van der Waals surface area contributed by atoms with Gasteiger partial charge in [-0.05, 0) is 24.0 Å². The number of nitrogens with one attached hydrogen (secondary N) is 2. The summed E-state index contributed by atoms with van der Waals surface area (Å²) in [6, 6.07) is 7.78. The van der Waals surface area contributed by atoms with Crippen molar-refractivity contribution in [2.45, 2.75) is 24.9 Å². The van der Waals surface area contributed by atoms with Gasteiger partial charge in [-0.15, -0.1) is 0 Å². The van der Waals surface area contributed by atoms with Crippen LogP contribution in [0, 0.1) is 0 Å². The van der Waals surface area contributed by atoms with E-state index in [1.165, 1.54) is 16.0 Å². The van der Waals surface area contributed by atoms with Gasteiger partial charge < -0.3 is 15.5 Å². The second kappa shape index (κ2) is 4.57. The van der Waals surface area contributed by atoms with Crippen LogP contribution < -0.4 is 10.6 Å². The van der Waals surface area contributed by atoms with Gasteiger partial charge in [-0.2, -0.15) is 0 Å². The number of rotatable bonds is 2. The normalized spacial score (nSPS) is 22.3. The van der Waals surface area contributed by atoms with E-state index in [2.05, 4.69) is 22.8 Å². The van der Waals surface area contributed by atoms with E-state index in [-0.39, 0.29) is 18.0 Å². The minimum absolute atomic E-state index is 0.0875. The highest BCUT2D eigenvalue weighted by Crippen LogP contribution is 2.21. The van der Waals surface area contributed by atoms with Gasteiger partial charge in [0.15, 0.2) is 0 Å². The lowest BCUT2D eigenvalue weighted by Crippen LogP contribution is -2.47. The lowest BCUT2D eigenvalue weighted by atomic mass is 10.1. The van der Waals surface area contributed by atoms with Crippen molar-refractivity contribution in [3.63, 3.8) is 0 Å². The maximum absolute atomic E-state index is 12.1. The first kappa shape index (κ1) is 12.0. The van der Waals surface area contributed by atoms with Crippen molar-refractivity contribution >= 4 is 11.9 Å². The molecule has 2 N–H and O–H groups in total. The van der Waals surface area contributed by atoms with Gasteiger partial charge in [0.25, 0.3) is 0 Å². The van der Waals surface area contributed by atoms with Crippen LogP contribution in [0.2, 0.25) is 0 Å². The number of nitrogens with zero attached hydrogens (tertiary/aromatic N) is 1. The fourth-order valence-corrected chi connectivity index (χ4v) is 2.77. The standard InChI is InChI=1S/C14H17N3O2/c1-17-8-12(16-14(17)19)13(18)15-11-6-9-4-2-3-5-10(9)7-11/h2-5,11-12H,6-8H2,1H3,(H,15,18)(H,16,19). The van der Waals surface area contributed by atoms with Crippen molar-refractivity contribution in [1.29, 1.82) is 0 Å². The highest BCUT2D eigenvalue weighted by molar-refractivity contribution is 5.90. The van der Waals surface area contributed by atoms with Crippen molar-refractivity contribution in [3.05, 3.63) is 35.4 Å². The van der Waals surface area contributed by atoms with Gasteiger partial charge in [0, 0.05) is 13.1 Å². The molecule has 0 spiro atoms. The molecule has 2 aliphatic rings. The highest BCUT2D eigenvalue weighted by Gasteiger charge is 2.33. The molecule has 5 heteroatoms. The predicted octanol–water partition coefficient (Wildman–Crippen LogP) is 0.294. The Labute approximate surface area is 112 Å². The van der Waals surface area contributed by atoms with E-state index in [1.54, 1.807) is 7.05 Å². The number of benzene rings is 1. The van der Waals surface area contributed by atoms with Gasteiger partial charge in [0.1, 0.15) is 6.04 Å². The van der Waals surface area contributed by atoms with E-state index in [9.17, 15) is 9.59 Å². The summed E-state index contributed by atoms with van der Waals surface area (Å²) >= 11 is 0. The lowest BCUT2D eigenvalue weighted by Gasteiger charge is -2.15. The molecule has 1 saturated heterocycles. The van der Waals surface area contributed by atoms with E-state index in [1.807, 2.05) is 12.1 Å². The molecule has 1 fully saturated rings. The number of hydrogen-bond acceptors (Lipinski definition) is 2. The summed E-state index contributed by atoms with van der Waals surface area (Å²) in [5.41, 5.74) is 2.61. The molecule has 1 atom stereocenters. The second-order valence-electron chi connectivity index (χ2n) is 5.27. The Morgan fingerprint density at radius 2 is 1.95 bits per heavy atom. The minimum Gasteiger partial charge on any atom is -0.351 e. The highest BCUT2D eigenvalue weighted by atomic mass is 16.2. The molecule has 100 valence electrons. The molecule has 0 saturated carbocycles. The summed E-state index contributed by atoms with van der Waals surface area (Å²) in [6.07, 6.45) is 1.75. The van der Waals surface area contributed by atoms with Crippen LogP contribution in [-0.4, -0.2) is 42.5 Å². The molecular weight excluding hydrogens is 242 g/mol. The molecule has 1 heterocycles. The maximum Gasteiger partial charge on any atom is 0.317 e. The van der Waals surface area contributed by atoms with Crippen molar-refractivity contribution < 1.29 is 9.59 Å². The zero-order valence-electron chi connectivity index (χ0n) is 10.8. The summed E-state index contributed by atoms with van der Waals surface area (Å²) in [4.78, 5) is 25.0. The summed E-state index contributed by atoms with van der Waals surface area (Å²) < 4.78 is 0. The van der Waals surface area contributed by atoms with Gasteiger partial charge in [0.05, 0.1) is 6.54 Å². The Morgan fingerprint density at radius 3 is 2.47 bits per heavy atom. The largest absolute Gasteiger partial charge is 0.351 e. The van der Waals surface area contributed by atoms with Crippen LogP contribution in [0.5, 0.6) is 0 Å². The van der Waals surface area contributed by atoms with Crippen LogP contribution in [0.3, 0.4) is 0 Å². The maximum atomic E-state index is 12.1. The minimum atomic E-state index is -0.429. The smallest absolute Gasteiger partial charge is 0.317 e. The number of hydrogen-bond donors (Lipinski definition) is 2. The monoisotopic (exact) mass is 259 g/mol. The number of urea groups is 1. The lowest BCUT2D eigenvalue weighted by molar-refractivity contribution is -0.123. The molecule has 19 heavy (non-hydrogen) atoms. The molecule has 1 unspecified atom stereocenters. The first-order valence-electron chi connectivity index (χ1n) is 6.52. The van der Waals surface area contributed by atoms with E-state index in [0.717, 1.165) is 12.8 Å². The van der Waals surface area contributed by atoms with Crippen molar-refractivity contribution in [3.8, 4) is 0 Å². The molecule has 0 aromatic heterocycles. The average molecular weight is 259 g/mol. The van der Waals surface area contributed by atoms with Crippen LogP contribution in [0.4, 0.5) is 4.79 Å². The zero-order valence-corrected chi connectivity index (χ0v) is 10.8. The third-order valence-electron chi connectivity index (χ3n) is 3.81. The Hall–Kier alpha value is -2.04. The molecule has 1 aromatic rings. The Kier molecular flexibility index (Phi) is 2.89. The first-order valence-corrected chi connectivity index (χ1v) is 6.52. The quantitative estimate of drug-likeness (QED) is 0.802. The molecule has 3 rings (SSSR count).